The Morgan fingerprint density at radius 1 is 0.905 bits per heavy atom. The Kier molecular flexibility index (Phi) is 12.1. The lowest BCUT2D eigenvalue weighted by atomic mass is 9.89. The number of rotatable bonds is 13. The van der Waals surface area contributed by atoms with Crippen LogP contribution in [0, 0.1) is 6.92 Å². The number of benzene rings is 1. The van der Waals surface area contributed by atoms with Crippen molar-refractivity contribution in [3.05, 3.63) is 29.8 Å². The molecule has 1 aromatic rings. The Morgan fingerprint density at radius 2 is 1.43 bits per heavy atom. The van der Waals surface area contributed by atoms with Crippen molar-refractivity contribution in [2.75, 3.05) is 20.3 Å². The molecule has 0 N–H and O–H groups in total. The van der Waals surface area contributed by atoms with Gasteiger partial charge in [0.05, 0.1) is 42.5 Å². The highest BCUT2D eigenvalue weighted by atomic mass is 32.2. The fraction of sp³-hybridized carbons (Fsp3) is 0.806. The topological polar surface area (TPSA) is 89.5 Å². The molecule has 0 bridgehead atoms. The summed E-state index contributed by atoms with van der Waals surface area (Å²) in [5, 5.41) is 0.0579. The van der Waals surface area contributed by atoms with Gasteiger partial charge in [0, 0.05) is 32.8 Å². The van der Waals surface area contributed by atoms with Gasteiger partial charge < -0.3 is 23.1 Å². The maximum atomic E-state index is 13.0. The Labute approximate surface area is 257 Å². The van der Waals surface area contributed by atoms with Crippen LogP contribution >= 0.6 is 0 Å². The fourth-order valence-corrected chi connectivity index (χ4v) is 10.7. The number of hydrogen-bond acceptors (Lipinski definition) is 8. The third-order valence-electron chi connectivity index (χ3n) is 9.72. The van der Waals surface area contributed by atoms with Crippen molar-refractivity contribution in [1.29, 1.82) is 0 Å². The van der Waals surface area contributed by atoms with Gasteiger partial charge in [-0.25, -0.2) is 0 Å². The molecule has 8 nitrogen and oxygen atoms in total. The second-order valence-corrected chi connectivity index (χ2v) is 24.9. The fourth-order valence-electron chi connectivity index (χ4n) is 5.79. The third kappa shape index (κ3) is 8.97. The van der Waals surface area contributed by atoms with Crippen molar-refractivity contribution in [3.8, 4) is 0 Å². The third-order valence-corrected chi connectivity index (χ3v) is 20.2. The molecule has 11 heteroatoms. The summed E-state index contributed by atoms with van der Waals surface area (Å²) in [5.74, 6) is -0.977. The first-order chi connectivity index (χ1) is 19.5. The van der Waals surface area contributed by atoms with E-state index in [1.807, 2.05) is 6.92 Å². The first kappa shape index (κ1) is 35.8. The summed E-state index contributed by atoms with van der Waals surface area (Å²) in [6.07, 6.45) is 1.38. The number of ether oxygens (including phenoxy) is 3. The van der Waals surface area contributed by atoms with Crippen LogP contribution in [0.15, 0.2) is 29.2 Å². The highest BCUT2D eigenvalue weighted by Gasteiger charge is 2.51. The van der Waals surface area contributed by atoms with Crippen molar-refractivity contribution >= 4 is 26.8 Å². The van der Waals surface area contributed by atoms with Crippen LogP contribution in [0.2, 0.25) is 36.3 Å². The molecule has 0 radical (unpaired) electrons. The van der Waals surface area contributed by atoms with E-state index in [9.17, 15) is 8.42 Å². The van der Waals surface area contributed by atoms with Crippen molar-refractivity contribution < 1.29 is 35.7 Å². The summed E-state index contributed by atoms with van der Waals surface area (Å²) < 4.78 is 64.4. The maximum Gasteiger partial charge on any atom is 0.297 e. The van der Waals surface area contributed by atoms with E-state index < -0.39 is 38.6 Å². The quantitative estimate of drug-likeness (QED) is 0.165. The van der Waals surface area contributed by atoms with Gasteiger partial charge in [-0.1, -0.05) is 59.2 Å². The Hall–Kier alpha value is -0.636. The average Bonchev–Trinajstić information content (AvgIpc) is 2.92. The second kappa shape index (κ2) is 14.2. The average molecular weight is 645 g/mol. The number of hydrogen-bond donors (Lipinski definition) is 0. The first-order valence-corrected chi connectivity index (χ1v) is 22.5. The van der Waals surface area contributed by atoms with Gasteiger partial charge in [0.2, 0.25) is 0 Å². The largest absolute Gasteiger partial charge is 0.414 e. The molecule has 3 rings (SSSR count). The van der Waals surface area contributed by atoms with Gasteiger partial charge in [-0.2, -0.15) is 8.42 Å². The van der Waals surface area contributed by atoms with E-state index in [1.165, 1.54) is 0 Å². The van der Waals surface area contributed by atoms with Crippen LogP contribution in [-0.2, 0) is 37.4 Å². The van der Waals surface area contributed by atoms with E-state index in [-0.39, 0.29) is 34.9 Å². The molecule has 0 unspecified atom stereocenters. The molecular formula is C31H56O8SSi2. The highest BCUT2D eigenvalue weighted by Crippen LogP contribution is 2.45. The summed E-state index contributed by atoms with van der Waals surface area (Å²) in [6.45, 7) is 20.3. The van der Waals surface area contributed by atoms with E-state index in [0.717, 1.165) is 30.1 Å². The second-order valence-electron chi connectivity index (χ2n) is 13.7. The van der Waals surface area contributed by atoms with Gasteiger partial charge in [0.25, 0.3) is 10.1 Å². The SMILES string of the molecule is CC[Si](CC)(CC)OC[C@H]1C[C@H](O[Si](C)(C)C(C)(C)C)C[C@@]2(C[C@@H](OC)C[C@@H](COS(=O)(=O)c3ccc(C)cc3)O2)O1. The van der Waals surface area contributed by atoms with E-state index in [4.69, 9.17) is 27.2 Å². The summed E-state index contributed by atoms with van der Waals surface area (Å²) in [6, 6.07) is 9.86. The normalized spacial score (nSPS) is 27.9. The van der Waals surface area contributed by atoms with Crippen molar-refractivity contribution in [2.45, 2.75) is 146 Å². The Bertz CT molecular complexity index is 1090. The maximum absolute atomic E-state index is 13.0. The first-order valence-electron chi connectivity index (χ1n) is 15.7. The van der Waals surface area contributed by atoms with Gasteiger partial charge in [-0.3, -0.25) is 4.18 Å². The molecule has 2 fully saturated rings. The zero-order chi connectivity index (χ0) is 31.4. The predicted octanol–water partition coefficient (Wildman–Crippen LogP) is 7.18. The summed E-state index contributed by atoms with van der Waals surface area (Å²) in [4.78, 5) is 0.131. The van der Waals surface area contributed by atoms with Crippen LogP contribution in [0.5, 0.6) is 0 Å². The van der Waals surface area contributed by atoms with Gasteiger partial charge in [-0.05, 0) is 55.3 Å². The lowest BCUT2D eigenvalue weighted by Gasteiger charge is -2.51. The molecule has 2 saturated heterocycles. The Balaban J connectivity index is 1.84. The van der Waals surface area contributed by atoms with Crippen LogP contribution in [0.25, 0.3) is 0 Å². The van der Waals surface area contributed by atoms with Gasteiger partial charge in [0.15, 0.2) is 22.4 Å². The molecule has 242 valence electrons. The minimum atomic E-state index is -3.93. The molecule has 0 aliphatic carbocycles. The molecule has 2 aliphatic rings. The zero-order valence-electron chi connectivity index (χ0n) is 27.7. The van der Waals surface area contributed by atoms with Crippen LogP contribution < -0.4 is 0 Å². The smallest absolute Gasteiger partial charge is 0.297 e. The molecule has 1 spiro atoms. The van der Waals surface area contributed by atoms with Crippen LogP contribution in [-0.4, -0.2) is 75.6 Å². The van der Waals surface area contributed by atoms with Crippen molar-refractivity contribution in [3.63, 3.8) is 0 Å². The predicted molar refractivity (Wildman–Crippen MR) is 171 cm³/mol. The molecular weight excluding hydrogens is 589 g/mol. The van der Waals surface area contributed by atoms with E-state index in [0.29, 0.717) is 25.9 Å². The van der Waals surface area contributed by atoms with Gasteiger partial charge >= 0.3 is 0 Å². The summed E-state index contributed by atoms with van der Waals surface area (Å²) >= 11 is 0. The van der Waals surface area contributed by atoms with Crippen molar-refractivity contribution in [1.82, 2.24) is 0 Å². The standard InChI is InChI=1S/C31H56O8SSi2/c1-11-42(12-2,13-3)36-23-28-19-26(39-41(9,10)30(5,6)7)21-31(38-28)20-25(34-8)18-27(37-31)22-35-40(32,33)29-16-14-24(4)15-17-29/h14-17,25-28H,11-13,18-23H2,1-10H3/t25-,26-,27-,28+,31+/m0/s1. The summed E-state index contributed by atoms with van der Waals surface area (Å²) in [7, 11) is -6.17. The molecule has 0 saturated carbocycles. The van der Waals surface area contributed by atoms with Crippen LogP contribution in [0.3, 0.4) is 0 Å². The van der Waals surface area contributed by atoms with E-state index in [2.05, 4.69) is 54.6 Å². The zero-order valence-corrected chi connectivity index (χ0v) is 30.5. The molecule has 0 amide bonds. The minimum Gasteiger partial charge on any atom is -0.414 e. The summed E-state index contributed by atoms with van der Waals surface area (Å²) in [5.41, 5.74) is 0.980. The molecule has 2 aliphatic heterocycles. The Morgan fingerprint density at radius 3 is 1.95 bits per heavy atom. The van der Waals surface area contributed by atoms with Gasteiger partial charge in [0.1, 0.15) is 0 Å². The van der Waals surface area contributed by atoms with Crippen LogP contribution in [0.4, 0.5) is 0 Å². The van der Waals surface area contributed by atoms with E-state index >= 15 is 0 Å². The van der Waals surface area contributed by atoms with Crippen molar-refractivity contribution in [2.24, 2.45) is 0 Å². The van der Waals surface area contributed by atoms with E-state index in [1.54, 1.807) is 31.4 Å². The molecule has 42 heavy (non-hydrogen) atoms. The highest BCUT2D eigenvalue weighted by molar-refractivity contribution is 7.86. The number of methoxy groups -OCH3 is 1. The molecule has 1 aromatic carbocycles. The molecule has 5 atom stereocenters. The molecule has 2 heterocycles. The number of aryl methyl sites for hydroxylation is 1. The minimum absolute atomic E-state index is 0.0579. The monoisotopic (exact) mass is 644 g/mol. The lowest BCUT2D eigenvalue weighted by Crippen LogP contribution is -2.58. The van der Waals surface area contributed by atoms with Gasteiger partial charge in [-0.15, -0.1) is 0 Å². The molecule has 0 aromatic heterocycles. The van der Waals surface area contributed by atoms with Crippen LogP contribution in [0.1, 0.15) is 72.8 Å². The lowest BCUT2D eigenvalue weighted by molar-refractivity contribution is -0.342.